The van der Waals surface area contributed by atoms with Crippen LogP contribution in [-0.2, 0) is 9.59 Å². The molecule has 3 heteroatoms. The number of hydrogen-bond donors (Lipinski definition) is 0. The second-order valence-electron chi connectivity index (χ2n) is 4.48. The van der Waals surface area contributed by atoms with Crippen LogP contribution in [0.5, 0.6) is 0 Å². The first-order chi connectivity index (χ1) is 6.92. The van der Waals surface area contributed by atoms with Crippen molar-refractivity contribution in [2.75, 3.05) is 7.05 Å². The van der Waals surface area contributed by atoms with Gasteiger partial charge in [-0.05, 0) is 0 Å². The van der Waals surface area contributed by atoms with Gasteiger partial charge in [0.15, 0.2) is 0 Å². The first-order valence-electron chi connectivity index (χ1n) is 4.87. The Labute approximate surface area is 88.8 Å². The van der Waals surface area contributed by atoms with Gasteiger partial charge in [0.2, 0.25) is 0 Å². The van der Waals surface area contributed by atoms with E-state index in [2.05, 4.69) is 0 Å². The summed E-state index contributed by atoms with van der Waals surface area (Å²) in [6.07, 6.45) is 7.38. The topological polar surface area (TPSA) is 37.4 Å². The molecule has 0 unspecified atom stereocenters. The third kappa shape index (κ3) is 1.44. The highest BCUT2D eigenvalue weighted by molar-refractivity contribution is 6.21. The van der Waals surface area contributed by atoms with Crippen LogP contribution in [0.2, 0.25) is 0 Å². The van der Waals surface area contributed by atoms with Crippen LogP contribution in [-0.4, -0.2) is 23.8 Å². The maximum absolute atomic E-state index is 11.7. The summed E-state index contributed by atoms with van der Waals surface area (Å²) in [6.45, 7) is 4.06. The minimum absolute atomic E-state index is 0.108. The summed E-state index contributed by atoms with van der Waals surface area (Å²) in [4.78, 5) is 24.5. The number of allylic oxidation sites excluding steroid dienone is 2. The molecule has 0 aromatic carbocycles. The average Bonchev–Trinajstić information content (AvgIpc) is 2.34. The molecule has 0 N–H and O–H groups in total. The summed E-state index contributed by atoms with van der Waals surface area (Å²) in [5.74, 6) is -0.429. The molecule has 0 fully saturated rings. The van der Waals surface area contributed by atoms with Crippen molar-refractivity contribution in [3.05, 3.63) is 35.5 Å². The van der Waals surface area contributed by atoms with Crippen molar-refractivity contribution in [1.82, 2.24) is 4.90 Å². The molecule has 1 aliphatic carbocycles. The molecule has 1 heterocycles. The molecule has 3 nitrogen and oxygen atoms in total. The van der Waals surface area contributed by atoms with Gasteiger partial charge in [0, 0.05) is 12.5 Å². The average molecular weight is 203 g/mol. The van der Waals surface area contributed by atoms with E-state index in [1.54, 1.807) is 12.2 Å². The van der Waals surface area contributed by atoms with Crippen molar-refractivity contribution in [1.29, 1.82) is 0 Å². The monoisotopic (exact) mass is 203 g/mol. The smallest absolute Gasteiger partial charge is 0.261 e. The molecule has 2 rings (SSSR count). The highest BCUT2D eigenvalue weighted by Gasteiger charge is 2.34. The van der Waals surface area contributed by atoms with Crippen molar-refractivity contribution in [2.24, 2.45) is 5.41 Å². The van der Waals surface area contributed by atoms with E-state index in [9.17, 15) is 9.59 Å². The Morgan fingerprint density at radius 1 is 1.00 bits per heavy atom. The number of imide groups is 1. The molecule has 1 aliphatic heterocycles. The summed E-state index contributed by atoms with van der Waals surface area (Å²) in [7, 11) is 1.51. The Morgan fingerprint density at radius 2 is 1.40 bits per heavy atom. The van der Waals surface area contributed by atoms with E-state index in [0.717, 1.165) is 4.90 Å². The van der Waals surface area contributed by atoms with Gasteiger partial charge >= 0.3 is 0 Å². The zero-order valence-electron chi connectivity index (χ0n) is 9.07. The molecule has 2 amide bonds. The van der Waals surface area contributed by atoms with Gasteiger partial charge in [-0.1, -0.05) is 38.2 Å². The Balaban J connectivity index is 2.51. The fraction of sp³-hybridized carbons (Fsp3) is 0.333. The zero-order valence-corrected chi connectivity index (χ0v) is 9.07. The summed E-state index contributed by atoms with van der Waals surface area (Å²) in [5, 5.41) is 0. The fourth-order valence-corrected chi connectivity index (χ4v) is 1.66. The van der Waals surface area contributed by atoms with Gasteiger partial charge in [-0.2, -0.15) is 0 Å². The van der Waals surface area contributed by atoms with Crippen LogP contribution in [0, 0.1) is 5.41 Å². The third-order valence-corrected chi connectivity index (χ3v) is 2.72. The zero-order chi connectivity index (χ0) is 11.2. The fourth-order valence-electron chi connectivity index (χ4n) is 1.66. The molecular formula is C12H13NO2. The molecular weight excluding hydrogens is 190 g/mol. The van der Waals surface area contributed by atoms with Crippen molar-refractivity contribution in [3.8, 4) is 0 Å². The maximum atomic E-state index is 11.7. The van der Waals surface area contributed by atoms with E-state index in [4.69, 9.17) is 0 Å². The molecule has 0 saturated heterocycles. The summed E-state index contributed by atoms with van der Waals surface area (Å²) < 4.78 is 0. The van der Waals surface area contributed by atoms with E-state index < -0.39 is 0 Å². The number of likely N-dealkylation sites (N-methyl/N-ethyl adjacent to an activating group) is 1. The van der Waals surface area contributed by atoms with Crippen LogP contribution in [0.25, 0.3) is 0 Å². The lowest BCUT2D eigenvalue weighted by Crippen LogP contribution is -2.26. The number of rotatable bonds is 0. The Morgan fingerprint density at radius 3 is 1.80 bits per heavy atom. The van der Waals surface area contributed by atoms with Crippen LogP contribution >= 0.6 is 0 Å². The molecule has 0 radical (unpaired) electrons. The second-order valence-corrected chi connectivity index (χ2v) is 4.48. The molecule has 0 spiro atoms. The van der Waals surface area contributed by atoms with Crippen LogP contribution in [0.1, 0.15) is 13.8 Å². The second kappa shape index (κ2) is 2.92. The predicted octanol–water partition coefficient (Wildman–Crippen LogP) is 1.43. The number of nitrogens with zero attached hydrogens (tertiary/aromatic N) is 1. The van der Waals surface area contributed by atoms with E-state index in [1.165, 1.54) is 7.05 Å². The lowest BCUT2D eigenvalue weighted by molar-refractivity contribution is -0.135. The van der Waals surface area contributed by atoms with Gasteiger partial charge in [0.25, 0.3) is 11.8 Å². The van der Waals surface area contributed by atoms with Gasteiger partial charge in [0.05, 0.1) is 11.1 Å². The van der Waals surface area contributed by atoms with E-state index in [1.807, 2.05) is 26.0 Å². The highest BCUT2D eigenvalue weighted by Crippen LogP contribution is 2.29. The van der Waals surface area contributed by atoms with Crippen LogP contribution in [0.15, 0.2) is 35.5 Å². The maximum Gasteiger partial charge on any atom is 0.261 e. The Kier molecular flexibility index (Phi) is 1.93. The normalized spacial score (nSPS) is 23.5. The lowest BCUT2D eigenvalue weighted by atomic mass is 9.93. The van der Waals surface area contributed by atoms with Crippen molar-refractivity contribution >= 4 is 11.8 Å². The molecule has 2 aliphatic rings. The van der Waals surface area contributed by atoms with Crippen LogP contribution in [0.4, 0.5) is 0 Å². The molecule has 0 aromatic heterocycles. The van der Waals surface area contributed by atoms with Crippen molar-refractivity contribution in [3.63, 3.8) is 0 Å². The lowest BCUT2D eigenvalue weighted by Gasteiger charge is -2.13. The highest BCUT2D eigenvalue weighted by atomic mass is 16.2. The van der Waals surface area contributed by atoms with Crippen molar-refractivity contribution in [2.45, 2.75) is 13.8 Å². The van der Waals surface area contributed by atoms with Gasteiger partial charge in [-0.3, -0.25) is 14.5 Å². The summed E-state index contributed by atoms with van der Waals surface area (Å²) in [6, 6.07) is 0. The Hall–Kier alpha value is -1.64. The molecule has 15 heavy (non-hydrogen) atoms. The standard InChI is InChI=1S/C12H13NO2/c1-12(2)6-4-8-9(5-7-12)11(15)13(3)10(8)14/h4-7H,1-3H3. The van der Waals surface area contributed by atoms with E-state index >= 15 is 0 Å². The number of carbonyl (C=O) groups excluding carboxylic acids is 2. The largest absolute Gasteiger partial charge is 0.277 e. The number of carbonyl (C=O) groups is 2. The quantitative estimate of drug-likeness (QED) is 0.558. The molecule has 0 saturated carbocycles. The minimum atomic E-state index is -0.214. The predicted molar refractivity (Wildman–Crippen MR) is 56.9 cm³/mol. The van der Waals surface area contributed by atoms with Crippen LogP contribution in [0.3, 0.4) is 0 Å². The first-order valence-corrected chi connectivity index (χ1v) is 4.87. The molecule has 78 valence electrons. The van der Waals surface area contributed by atoms with E-state index in [-0.39, 0.29) is 17.2 Å². The molecule has 0 atom stereocenters. The summed E-state index contributed by atoms with van der Waals surface area (Å²) in [5.41, 5.74) is 0.900. The summed E-state index contributed by atoms with van der Waals surface area (Å²) >= 11 is 0. The van der Waals surface area contributed by atoms with Gasteiger partial charge in [-0.15, -0.1) is 0 Å². The van der Waals surface area contributed by atoms with Gasteiger partial charge in [-0.25, -0.2) is 0 Å². The first kappa shape index (κ1) is 9.90. The van der Waals surface area contributed by atoms with Crippen LogP contribution < -0.4 is 0 Å². The van der Waals surface area contributed by atoms with Crippen molar-refractivity contribution < 1.29 is 9.59 Å². The molecule has 0 bridgehead atoms. The number of amides is 2. The van der Waals surface area contributed by atoms with E-state index in [0.29, 0.717) is 11.1 Å². The van der Waals surface area contributed by atoms with Gasteiger partial charge in [0.1, 0.15) is 0 Å². The molecule has 0 aromatic rings. The van der Waals surface area contributed by atoms with Gasteiger partial charge < -0.3 is 0 Å². The minimum Gasteiger partial charge on any atom is -0.277 e. The third-order valence-electron chi connectivity index (χ3n) is 2.72. The Bertz CT molecular complexity index is 401. The number of hydrogen-bond acceptors (Lipinski definition) is 2. The SMILES string of the molecule is CN1C(=O)C2=C(C=CC(C)(C)C=C2)C1=O.